The van der Waals surface area contributed by atoms with Gasteiger partial charge in [-0.05, 0) is 0 Å². The average Bonchev–Trinajstić information content (AvgIpc) is 1.84. The van der Waals surface area contributed by atoms with Gasteiger partial charge in [-0.25, -0.2) is 9.13 Å². The van der Waals surface area contributed by atoms with Crippen molar-refractivity contribution >= 4 is 50.3 Å². The summed E-state index contributed by atoms with van der Waals surface area (Å²) in [6.45, 7) is 0. The first-order valence-electron chi connectivity index (χ1n) is 2.46. The van der Waals surface area contributed by atoms with E-state index in [1.165, 1.54) is 0 Å². The highest BCUT2D eigenvalue weighted by atomic mass is 35.5. The molecule has 0 saturated heterocycles. The van der Waals surface area contributed by atoms with Crippen molar-refractivity contribution in [3.05, 3.63) is 0 Å². The van der Waals surface area contributed by atoms with Gasteiger partial charge in [0.05, 0.1) is 0 Å². The first-order valence-corrected chi connectivity index (χ1v) is 5.99. The van der Waals surface area contributed by atoms with Crippen molar-refractivity contribution in [1.29, 1.82) is 0 Å². The van der Waals surface area contributed by atoms with Crippen molar-refractivity contribution in [2.24, 2.45) is 0 Å². The Morgan fingerprint density at radius 1 is 1.38 bits per heavy atom. The fourth-order valence-corrected chi connectivity index (χ4v) is 2.38. The molecule has 0 spiro atoms. The first-order chi connectivity index (χ1) is 5.33. The van der Waals surface area contributed by atoms with Crippen LogP contribution in [0.5, 0.6) is 0 Å². The van der Waals surface area contributed by atoms with Gasteiger partial charge in [-0.15, -0.1) is 0 Å². The van der Waals surface area contributed by atoms with E-state index < -0.39 is 21.7 Å². The van der Waals surface area contributed by atoms with Crippen molar-refractivity contribution in [3.63, 3.8) is 0 Å². The SMILES string of the molecule is COP(=O)(OCCl)OP(=O)(O)O.[MgH2]. The molecule has 11 heteroatoms. The van der Waals surface area contributed by atoms with Gasteiger partial charge in [-0.2, -0.15) is 4.31 Å². The molecule has 0 aliphatic rings. The maximum atomic E-state index is 11.0. The Hall–Kier alpha value is 1.32. The predicted octanol–water partition coefficient (Wildman–Crippen LogP) is 0.147. The minimum Gasteiger partial charge on any atom is -0.302 e. The molecule has 0 aromatic rings. The Labute approximate surface area is 95.7 Å². The molecule has 0 bridgehead atoms. The smallest absolute Gasteiger partial charge is 0.302 e. The quantitative estimate of drug-likeness (QED) is 0.415. The summed E-state index contributed by atoms with van der Waals surface area (Å²) in [6, 6.07) is -0.564. The fourth-order valence-electron chi connectivity index (χ4n) is 0.300. The average molecular weight is 267 g/mol. The van der Waals surface area contributed by atoms with Crippen molar-refractivity contribution in [2.75, 3.05) is 13.2 Å². The predicted molar refractivity (Wildman–Crippen MR) is 48.1 cm³/mol. The van der Waals surface area contributed by atoms with E-state index in [9.17, 15) is 9.13 Å². The molecular formula is C2H9ClMgO7P2. The molecule has 0 fully saturated rings. The van der Waals surface area contributed by atoms with E-state index in [1.807, 2.05) is 0 Å². The Morgan fingerprint density at radius 3 is 2.08 bits per heavy atom. The van der Waals surface area contributed by atoms with Gasteiger partial charge >= 0.3 is 38.7 Å². The van der Waals surface area contributed by atoms with Crippen LogP contribution in [-0.4, -0.2) is 46.0 Å². The molecule has 2 N–H and O–H groups in total. The van der Waals surface area contributed by atoms with Crippen LogP contribution in [0, 0.1) is 0 Å². The van der Waals surface area contributed by atoms with Gasteiger partial charge in [-0.1, -0.05) is 11.6 Å². The second-order valence-corrected chi connectivity index (χ2v) is 4.81. The Morgan fingerprint density at radius 2 is 1.85 bits per heavy atom. The zero-order chi connectivity index (χ0) is 9.83. The third kappa shape index (κ3) is 8.32. The van der Waals surface area contributed by atoms with E-state index in [0.29, 0.717) is 0 Å². The number of hydrogen-bond donors (Lipinski definition) is 2. The Bertz CT molecular complexity index is 227. The van der Waals surface area contributed by atoms with Crippen LogP contribution in [0.25, 0.3) is 0 Å². The molecule has 0 aromatic carbocycles. The monoisotopic (exact) mass is 266 g/mol. The van der Waals surface area contributed by atoms with Gasteiger partial charge in [-0.3, -0.25) is 9.05 Å². The summed E-state index contributed by atoms with van der Waals surface area (Å²) in [7, 11) is -8.22. The maximum absolute atomic E-state index is 11.0. The topological polar surface area (TPSA) is 102 Å². The molecule has 13 heavy (non-hydrogen) atoms. The van der Waals surface area contributed by atoms with Gasteiger partial charge in [0.15, 0.2) is 0 Å². The molecule has 0 aliphatic carbocycles. The maximum Gasteiger partial charge on any atom is 0.484 e. The largest absolute Gasteiger partial charge is 0.484 e. The molecule has 7 nitrogen and oxygen atoms in total. The van der Waals surface area contributed by atoms with E-state index >= 15 is 0 Å². The molecular weight excluding hydrogens is 258 g/mol. The lowest BCUT2D eigenvalue weighted by molar-refractivity contribution is 0.176. The van der Waals surface area contributed by atoms with E-state index in [2.05, 4.69) is 13.4 Å². The third-order valence-corrected chi connectivity index (χ3v) is 3.44. The number of phosphoric ester groups is 1. The van der Waals surface area contributed by atoms with E-state index in [1.54, 1.807) is 0 Å². The minimum absolute atomic E-state index is 0. The van der Waals surface area contributed by atoms with Crippen LogP contribution >= 0.6 is 27.2 Å². The summed E-state index contributed by atoms with van der Waals surface area (Å²) in [5, 5.41) is 0. The molecule has 78 valence electrons. The minimum atomic E-state index is -4.91. The number of alkyl halides is 1. The first kappa shape index (κ1) is 16.7. The van der Waals surface area contributed by atoms with Crippen LogP contribution in [0.15, 0.2) is 0 Å². The van der Waals surface area contributed by atoms with Gasteiger partial charge < -0.3 is 9.79 Å². The third-order valence-electron chi connectivity index (χ3n) is 0.637. The summed E-state index contributed by atoms with van der Waals surface area (Å²) in [5.41, 5.74) is 0. The van der Waals surface area contributed by atoms with Crippen LogP contribution in [-0.2, 0) is 22.5 Å². The second kappa shape index (κ2) is 6.74. The zero-order valence-corrected chi connectivity index (χ0v) is 8.46. The Kier molecular flexibility index (Phi) is 8.67. The highest BCUT2D eigenvalue weighted by Gasteiger charge is 2.34. The molecule has 1 atom stereocenters. The zero-order valence-electron chi connectivity index (χ0n) is 5.92. The number of hydrogen-bond acceptors (Lipinski definition) is 5. The summed E-state index contributed by atoms with van der Waals surface area (Å²) in [6.07, 6.45) is 0. The van der Waals surface area contributed by atoms with Crippen LogP contribution in [0.4, 0.5) is 0 Å². The second-order valence-electron chi connectivity index (χ2n) is 1.44. The summed E-state index contributed by atoms with van der Waals surface area (Å²) < 4.78 is 33.1. The van der Waals surface area contributed by atoms with Gasteiger partial charge in [0.2, 0.25) is 0 Å². The molecule has 0 aromatic heterocycles. The standard InChI is InChI=1S/C2H7ClO7P2.Mg.2H/c1-8-12(7,9-2-3)10-11(4,5)6;;;/h2H2,1H3,(H2,4,5,6);;;. The lowest BCUT2D eigenvalue weighted by Gasteiger charge is -2.13. The summed E-state index contributed by atoms with van der Waals surface area (Å²) in [4.78, 5) is 16.4. The molecule has 0 amide bonds. The van der Waals surface area contributed by atoms with Crippen molar-refractivity contribution < 1.29 is 32.3 Å². The number of phosphoric acid groups is 2. The highest BCUT2D eigenvalue weighted by Crippen LogP contribution is 2.60. The Balaban J connectivity index is 0. The van der Waals surface area contributed by atoms with Crippen molar-refractivity contribution in [2.45, 2.75) is 0 Å². The number of halogens is 1. The van der Waals surface area contributed by atoms with Crippen LogP contribution in [0.1, 0.15) is 0 Å². The summed E-state index contributed by atoms with van der Waals surface area (Å²) >= 11 is 4.99. The fraction of sp³-hybridized carbons (Fsp3) is 1.00. The van der Waals surface area contributed by atoms with E-state index in [-0.39, 0.29) is 23.1 Å². The molecule has 0 heterocycles. The molecule has 0 aliphatic heterocycles. The van der Waals surface area contributed by atoms with Gasteiger partial charge in [0.1, 0.15) is 6.07 Å². The van der Waals surface area contributed by atoms with Crippen molar-refractivity contribution in [1.82, 2.24) is 0 Å². The molecule has 0 rings (SSSR count). The van der Waals surface area contributed by atoms with E-state index in [0.717, 1.165) is 7.11 Å². The van der Waals surface area contributed by atoms with E-state index in [4.69, 9.17) is 21.4 Å². The highest BCUT2D eigenvalue weighted by molar-refractivity contribution is 7.61. The van der Waals surface area contributed by atoms with Gasteiger partial charge in [0, 0.05) is 7.11 Å². The lowest BCUT2D eigenvalue weighted by atomic mass is 11.7. The molecule has 0 radical (unpaired) electrons. The van der Waals surface area contributed by atoms with Crippen LogP contribution in [0.3, 0.4) is 0 Å². The lowest BCUT2D eigenvalue weighted by Crippen LogP contribution is -1.94. The number of rotatable bonds is 5. The van der Waals surface area contributed by atoms with Crippen LogP contribution in [0.2, 0.25) is 0 Å². The molecule has 1 unspecified atom stereocenters. The van der Waals surface area contributed by atoms with Crippen LogP contribution < -0.4 is 0 Å². The van der Waals surface area contributed by atoms with Crippen molar-refractivity contribution in [3.8, 4) is 0 Å². The van der Waals surface area contributed by atoms with Gasteiger partial charge in [0.25, 0.3) is 0 Å². The summed E-state index contributed by atoms with van der Waals surface area (Å²) in [5.74, 6) is 0. The molecule has 0 saturated carbocycles. The normalized spacial score (nSPS) is 16.0.